The number of fused-ring (bicyclic) bond motifs is 1. The molecule has 0 N–H and O–H groups in total. The summed E-state index contributed by atoms with van der Waals surface area (Å²) in [6.45, 7) is 13.4. The summed E-state index contributed by atoms with van der Waals surface area (Å²) < 4.78 is 1.69. The molecule has 0 unspecified atom stereocenters. The molecule has 1 aliphatic rings. The number of para-hydroxylation sites is 1. The average Bonchev–Trinajstić information content (AvgIpc) is 2.79. The van der Waals surface area contributed by atoms with Crippen molar-refractivity contribution in [3.63, 3.8) is 0 Å². The SMILES string of the molecule is C=CC(=O)N1CCN(c2nc(=O)n(-c3ccccc3C(C)C)c3cc(C)c(Cl)cc23)[C@@H](C)C1. The van der Waals surface area contributed by atoms with E-state index in [9.17, 15) is 9.59 Å². The van der Waals surface area contributed by atoms with E-state index < -0.39 is 0 Å². The molecule has 3 aromatic rings. The molecule has 0 aliphatic carbocycles. The fourth-order valence-electron chi connectivity index (χ4n) is 4.57. The number of hydrogen-bond donors (Lipinski definition) is 0. The minimum absolute atomic E-state index is 0.0170. The third kappa shape index (κ3) is 4.15. The Morgan fingerprint density at radius 1 is 1.24 bits per heavy atom. The summed E-state index contributed by atoms with van der Waals surface area (Å²) in [6.07, 6.45) is 1.34. The van der Waals surface area contributed by atoms with E-state index in [2.05, 4.69) is 30.3 Å². The molecule has 1 amide bonds. The van der Waals surface area contributed by atoms with E-state index in [1.165, 1.54) is 6.08 Å². The monoisotopic (exact) mass is 464 g/mol. The Morgan fingerprint density at radius 2 is 1.97 bits per heavy atom. The van der Waals surface area contributed by atoms with Crippen LogP contribution in [0.5, 0.6) is 0 Å². The molecular formula is C26H29ClN4O2. The quantitative estimate of drug-likeness (QED) is 0.525. The first-order valence-electron chi connectivity index (χ1n) is 11.2. The molecule has 1 fully saturated rings. The van der Waals surface area contributed by atoms with Crippen LogP contribution in [0.1, 0.15) is 37.8 Å². The predicted octanol–water partition coefficient (Wildman–Crippen LogP) is 4.69. The lowest BCUT2D eigenvalue weighted by atomic mass is 10.0. The van der Waals surface area contributed by atoms with Gasteiger partial charge in [0.05, 0.1) is 11.2 Å². The van der Waals surface area contributed by atoms with Crippen molar-refractivity contribution in [3.05, 3.63) is 75.7 Å². The smallest absolute Gasteiger partial charge is 0.350 e. The second-order valence-corrected chi connectivity index (χ2v) is 9.32. The van der Waals surface area contributed by atoms with Crippen molar-refractivity contribution in [2.45, 2.75) is 39.7 Å². The molecule has 1 aliphatic heterocycles. The minimum Gasteiger partial charge on any atom is -0.350 e. The number of piperazine rings is 1. The van der Waals surface area contributed by atoms with E-state index in [0.717, 1.165) is 27.7 Å². The molecule has 1 saturated heterocycles. The number of rotatable bonds is 4. The molecule has 6 nitrogen and oxygen atoms in total. The van der Waals surface area contributed by atoms with Crippen LogP contribution in [0.4, 0.5) is 5.82 Å². The molecule has 0 bridgehead atoms. The second kappa shape index (κ2) is 9.02. The van der Waals surface area contributed by atoms with Crippen molar-refractivity contribution in [2.24, 2.45) is 0 Å². The lowest BCUT2D eigenvalue weighted by molar-refractivity contribution is -0.126. The van der Waals surface area contributed by atoms with Gasteiger partial charge in [-0.3, -0.25) is 9.36 Å². The fraction of sp³-hybridized carbons (Fsp3) is 0.346. The number of aryl methyl sites for hydroxylation is 1. The number of benzene rings is 2. The van der Waals surface area contributed by atoms with Gasteiger partial charge in [-0.15, -0.1) is 0 Å². The van der Waals surface area contributed by atoms with Crippen LogP contribution in [0.3, 0.4) is 0 Å². The lowest BCUT2D eigenvalue weighted by Crippen LogP contribution is -2.54. The van der Waals surface area contributed by atoms with Gasteiger partial charge < -0.3 is 9.80 Å². The van der Waals surface area contributed by atoms with E-state index in [1.807, 2.05) is 50.2 Å². The fourth-order valence-corrected chi connectivity index (χ4v) is 4.73. The van der Waals surface area contributed by atoms with Crippen LogP contribution in [-0.4, -0.2) is 46.0 Å². The molecule has 7 heteroatoms. The maximum atomic E-state index is 13.5. The van der Waals surface area contributed by atoms with Crippen LogP contribution < -0.4 is 10.6 Å². The normalized spacial score (nSPS) is 16.5. The first-order valence-corrected chi connectivity index (χ1v) is 11.6. The third-order valence-corrected chi connectivity index (χ3v) is 6.74. The molecule has 33 heavy (non-hydrogen) atoms. The Bertz CT molecular complexity index is 1300. The van der Waals surface area contributed by atoms with Gasteiger partial charge in [-0.25, -0.2) is 4.79 Å². The highest BCUT2D eigenvalue weighted by molar-refractivity contribution is 6.32. The molecule has 0 radical (unpaired) electrons. The van der Waals surface area contributed by atoms with Crippen molar-refractivity contribution in [1.29, 1.82) is 0 Å². The summed E-state index contributed by atoms with van der Waals surface area (Å²) in [7, 11) is 0. The second-order valence-electron chi connectivity index (χ2n) is 8.92. The van der Waals surface area contributed by atoms with Gasteiger partial charge in [0.25, 0.3) is 0 Å². The number of anilines is 1. The topological polar surface area (TPSA) is 58.4 Å². The zero-order valence-electron chi connectivity index (χ0n) is 19.5. The number of hydrogen-bond acceptors (Lipinski definition) is 4. The first-order chi connectivity index (χ1) is 15.7. The summed E-state index contributed by atoms with van der Waals surface area (Å²) in [5.41, 5.74) is 3.25. The summed E-state index contributed by atoms with van der Waals surface area (Å²) in [5.74, 6) is 0.763. The highest BCUT2D eigenvalue weighted by atomic mass is 35.5. The van der Waals surface area contributed by atoms with Crippen LogP contribution in [0.25, 0.3) is 16.6 Å². The van der Waals surface area contributed by atoms with Gasteiger partial charge in [0.15, 0.2) is 0 Å². The Morgan fingerprint density at radius 3 is 2.64 bits per heavy atom. The number of halogens is 1. The van der Waals surface area contributed by atoms with Gasteiger partial charge in [0, 0.05) is 36.1 Å². The Balaban J connectivity index is 1.93. The molecule has 0 spiro atoms. The first kappa shape index (κ1) is 23.1. The Kier molecular flexibility index (Phi) is 6.30. The van der Waals surface area contributed by atoms with Crippen LogP contribution in [0, 0.1) is 6.92 Å². The zero-order chi connectivity index (χ0) is 23.9. The van der Waals surface area contributed by atoms with Gasteiger partial charge >= 0.3 is 5.69 Å². The molecule has 1 aromatic heterocycles. The summed E-state index contributed by atoms with van der Waals surface area (Å²) in [5, 5.41) is 1.44. The van der Waals surface area contributed by atoms with Crippen LogP contribution in [0.2, 0.25) is 5.02 Å². The molecule has 2 aromatic carbocycles. The van der Waals surface area contributed by atoms with Gasteiger partial charge in [-0.2, -0.15) is 4.98 Å². The standard InChI is InChI=1S/C26H29ClN4O2/c1-6-24(32)29-11-12-30(18(5)15-29)25-20-14-21(27)17(4)13-23(20)31(26(33)28-25)22-10-8-7-9-19(22)16(2)3/h6-10,13-14,16,18H,1,11-12,15H2,2-5H3/t18-/m0/s1. The minimum atomic E-state index is -0.330. The molecule has 4 rings (SSSR count). The highest BCUT2D eigenvalue weighted by Crippen LogP contribution is 2.33. The Labute approximate surface area is 199 Å². The van der Waals surface area contributed by atoms with E-state index >= 15 is 0 Å². The number of aromatic nitrogens is 2. The van der Waals surface area contributed by atoms with Crippen molar-refractivity contribution in [1.82, 2.24) is 14.5 Å². The number of carbonyl (C=O) groups is 1. The van der Waals surface area contributed by atoms with E-state index in [4.69, 9.17) is 11.6 Å². The molecule has 2 heterocycles. The Hall–Kier alpha value is -3.12. The summed E-state index contributed by atoms with van der Waals surface area (Å²) in [4.78, 5) is 34.0. The van der Waals surface area contributed by atoms with Gasteiger partial charge in [0.1, 0.15) is 5.82 Å². The predicted molar refractivity (Wildman–Crippen MR) is 135 cm³/mol. The molecule has 0 saturated carbocycles. The highest BCUT2D eigenvalue weighted by Gasteiger charge is 2.29. The van der Waals surface area contributed by atoms with Crippen molar-refractivity contribution >= 4 is 34.2 Å². The number of nitrogens with zero attached hydrogens (tertiary/aromatic N) is 4. The summed E-state index contributed by atoms with van der Waals surface area (Å²) >= 11 is 6.54. The van der Waals surface area contributed by atoms with Crippen molar-refractivity contribution in [3.8, 4) is 5.69 Å². The van der Waals surface area contributed by atoms with E-state index in [0.29, 0.717) is 30.5 Å². The van der Waals surface area contributed by atoms with Crippen molar-refractivity contribution < 1.29 is 4.79 Å². The van der Waals surface area contributed by atoms with Crippen LogP contribution in [0.15, 0.2) is 53.8 Å². The maximum Gasteiger partial charge on any atom is 0.354 e. The molecule has 1 atom stereocenters. The number of amides is 1. The maximum absolute atomic E-state index is 13.5. The third-order valence-electron chi connectivity index (χ3n) is 6.34. The van der Waals surface area contributed by atoms with Gasteiger partial charge in [-0.1, -0.05) is 50.2 Å². The van der Waals surface area contributed by atoms with E-state index in [-0.39, 0.29) is 23.6 Å². The van der Waals surface area contributed by atoms with Gasteiger partial charge in [0.2, 0.25) is 5.91 Å². The van der Waals surface area contributed by atoms with Crippen molar-refractivity contribution in [2.75, 3.05) is 24.5 Å². The molecular weight excluding hydrogens is 436 g/mol. The number of carbonyl (C=O) groups excluding carboxylic acids is 1. The van der Waals surface area contributed by atoms with Gasteiger partial charge in [-0.05, 0) is 55.2 Å². The molecule has 172 valence electrons. The van der Waals surface area contributed by atoms with Crippen LogP contribution in [-0.2, 0) is 4.79 Å². The lowest BCUT2D eigenvalue weighted by Gasteiger charge is -2.40. The largest absolute Gasteiger partial charge is 0.354 e. The van der Waals surface area contributed by atoms with E-state index in [1.54, 1.807) is 9.47 Å². The zero-order valence-corrected chi connectivity index (χ0v) is 20.3. The summed E-state index contributed by atoms with van der Waals surface area (Å²) in [6, 6.07) is 11.8. The van der Waals surface area contributed by atoms with Crippen LogP contribution >= 0.6 is 11.6 Å². The average molecular weight is 465 g/mol.